The average Bonchev–Trinajstić information content (AvgIpc) is 2.74. The molecular formula is C12H18ClNO2S. The quantitative estimate of drug-likeness (QED) is 0.920. The van der Waals surface area contributed by atoms with Gasteiger partial charge in [-0.25, -0.2) is 0 Å². The van der Waals surface area contributed by atoms with Crippen molar-refractivity contribution < 1.29 is 9.84 Å². The maximum absolute atomic E-state index is 10.3. The van der Waals surface area contributed by atoms with Gasteiger partial charge in [0.15, 0.2) is 0 Å². The first kappa shape index (κ1) is 13.3. The van der Waals surface area contributed by atoms with E-state index in [2.05, 4.69) is 18.7 Å². The minimum atomic E-state index is -0.621. The van der Waals surface area contributed by atoms with E-state index >= 15 is 0 Å². The third-order valence-electron chi connectivity index (χ3n) is 3.12. The van der Waals surface area contributed by atoms with Crippen molar-refractivity contribution in [1.29, 1.82) is 0 Å². The van der Waals surface area contributed by atoms with Crippen molar-refractivity contribution in [3.63, 3.8) is 0 Å². The Hall–Kier alpha value is -0.130. The van der Waals surface area contributed by atoms with E-state index in [9.17, 15) is 5.11 Å². The van der Waals surface area contributed by atoms with Gasteiger partial charge in [0.2, 0.25) is 0 Å². The fourth-order valence-electron chi connectivity index (χ4n) is 2.04. The van der Waals surface area contributed by atoms with Crippen LogP contribution in [0.15, 0.2) is 11.4 Å². The summed E-state index contributed by atoms with van der Waals surface area (Å²) in [6.07, 6.45) is -0.800. The summed E-state index contributed by atoms with van der Waals surface area (Å²) in [5.41, 5.74) is 0. The summed E-state index contributed by atoms with van der Waals surface area (Å²) >= 11 is 7.51. The maximum atomic E-state index is 10.3. The number of aliphatic hydroxyl groups is 1. The highest BCUT2D eigenvalue weighted by Crippen LogP contribution is 2.32. The Bertz CT molecular complexity index is 369. The second-order valence-electron chi connectivity index (χ2n) is 4.58. The molecule has 0 bridgehead atoms. The van der Waals surface area contributed by atoms with Crippen LogP contribution < -0.4 is 0 Å². The van der Waals surface area contributed by atoms with Crippen LogP contribution in [0.25, 0.3) is 0 Å². The highest BCUT2D eigenvalue weighted by Gasteiger charge is 2.30. The third-order valence-corrected chi connectivity index (χ3v) is 4.55. The predicted molar refractivity (Wildman–Crippen MR) is 70.7 cm³/mol. The molecule has 0 radical (unpaired) electrons. The molecule has 96 valence electrons. The summed E-state index contributed by atoms with van der Waals surface area (Å²) in [4.78, 5) is 3.13. The van der Waals surface area contributed by atoms with Gasteiger partial charge in [0.1, 0.15) is 12.2 Å². The first-order valence-electron chi connectivity index (χ1n) is 5.86. The number of ether oxygens (including phenoxy) is 1. The molecule has 0 spiro atoms. The van der Waals surface area contributed by atoms with Crippen molar-refractivity contribution in [2.75, 3.05) is 19.7 Å². The molecule has 1 aliphatic rings. The van der Waals surface area contributed by atoms with E-state index in [-0.39, 0.29) is 6.10 Å². The molecule has 2 rings (SSSR count). The number of halogens is 1. The number of thiophene rings is 1. The molecule has 0 aromatic carbocycles. The lowest BCUT2D eigenvalue weighted by atomic mass is 10.1. The lowest BCUT2D eigenvalue weighted by molar-refractivity contribution is -0.0951. The summed E-state index contributed by atoms with van der Waals surface area (Å²) in [5, 5.41) is 12.8. The molecule has 2 unspecified atom stereocenters. The van der Waals surface area contributed by atoms with Gasteiger partial charge in [-0.2, -0.15) is 0 Å². The van der Waals surface area contributed by atoms with Crippen LogP contribution in [0.5, 0.6) is 0 Å². The summed E-state index contributed by atoms with van der Waals surface area (Å²) in [7, 11) is 0. The second kappa shape index (κ2) is 5.67. The smallest absolute Gasteiger partial charge is 0.117 e. The molecule has 2 heterocycles. The van der Waals surface area contributed by atoms with Crippen molar-refractivity contribution in [1.82, 2.24) is 4.90 Å². The Kier molecular flexibility index (Phi) is 4.44. The van der Waals surface area contributed by atoms with Gasteiger partial charge in [-0.05, 0) is 25.3 Å². The summed E-state index contributed by atoms with van der Waals surface area (Å²) in [6.45, 7) is 6.68. The third kappa shape index (κ3) is 3.01. The minimum Gasteiger partial charge on any atom is -0.385 e. The molecule has 3 nitrogen and oxygen atoms in total. The Balaban J connectivity index is 2.05. The van der Waals surface area contributed by atoms with Crippen molar-refractivity contribution >= 4 is 22.9 Å². The Morgan fingerprint density at radius 1 is 1.59 bits per heavy atom. The van der Waals surface area contributed by atoms with Gasteiger partial charge in [0.25, 0.3) is 0 Å². The molecule has 1 saturated heterocycles. The van der Waals surface area contributed by atoms with Crippen LogP contribution in [-0.2, 0) is 4.74 Å². The molecule has 0 aliphatic carbocycles. The van der Waals surface area contributed by atoms with Gasteiger partial charge in [-0.15, -0.1) is 11.3 Å². The zero-order valence-electron chi connectivity index (χ0n) is 10.1. The lowest BCUT2D eigenvalue weighted by Gasteiger charge is -2.37. The molecule has 5 heteroatoms. The van der Waals surface area contributed by atoms with Gasteiger partial charge < -0.3 is 9.84 Å². The lowest BCUT2D eigenvalue weighted by Crippen LogP contribution is -2.47. The van der Waals surface area contributed by atoms with Gasteiger partial charge in [-0.3, -0.25) is 4.90 Å². The van der Waals surface area contributed by atoms with Crippen LogP contribution in [0.1, 0.15) is 24.8 Å². The van der Waals surface area contributed by atoms with E-state index in [1.807, 2.05) is 11.4 Å². The van der Waals surface area contributed by atoms with E-state index in [1.54, 1.807) is 0 Å². The Labute approximate surface area is 111 Å². The van der Waals surface area contributed by atoms with Crippen LogP contribution in [0.4, 0.5) is 0 Å². The van der Waals surface area contributed by atoms with Gasteiger partial charge in [0.05, 0.1) is 16.5 Å². The van der Waals surface area contributed by atoms with Crippen LogP contribution in [0, 0.1) is 0 Å². The molecule has 1 aromatic rings. The molecule has 1 N–H and O–H groups in total. The Morgan fingerprint density at radius 2 is 2.35 bits per heavy atom. The molecular weight excluding hydrogens is 258 g/mol. The van der Waals surface area contributed by atoms with Crippen molar-refractivity contribution in [2.24, 2.45) is 0 Å². The fraction of sp³-hybridized carbons (Fsp3) is 0.667. The van der Waals surface area contributed by atoms with E-state index in [0.717, 1.165) is 18.0 Å². The SMILES string of the molecule is CC(C)N1CCOC(C(O)c2sccc2Cl)C1. The van der Waals surface area contributed by atoms with Crippen molar-refractivity contribution in [3.05, 3.63) is 21.3 Å². The van der Waals surface area contributed by atoms with Gasteiger partial charge in [-0.1, -0.05) is 11.6 Å². The predicted octanol–water partition coefficient (Wildman–Crippen LogP) is 2.54. The standard InChI is InChI=1S/C12H18ClNO2S/c1-8(2)14-4-5-16-10(7-14)11(15)12-9(13)3-6-17-12/h3,6,8,10-11,15H,4-5,7H2,1-2H3. The molecule has 1 fully saturated rings. The van der Waals surface area contributed by atoms with Crippen molar-refractivity contribution in [2.45, 2.75) is 32.1 Å². The van der Waals surface area contributed by atoms with Crippen LogP contribution in [0.3, 0.4) is 0 Å². The van der Waals surface area contributed by atoms with Gasteiger partial charge in [0, 0.05) is 19.1 Å². The monoisotopic (exact) mass is 275 g/mol. The number of rotatable bonds is 3. The van der Waals surface area contributed by atoms with E-state index in [0.29, 0.717) is 17.7 Å². The fourth-order valence-corrected chi connectivity index (χ4v) is 3.25. The number of nitrogens with zero attached hydrogens (tertiary/aromatic N) is 1. The zero-order chi connectivity index (χ0) is 12.4. The maximum Gasteiger partial charge on any atom is 0.117 e. The van der Waals surface area contributed by atoms with Crippen LogP contribution >= 0.6 is 22.9 Å². The zero-order valence-corrected chi connectivity index (χ0v) is 11.7. The highest BCUT2D eigenvalue weighted by molar-refractivity contribution is 7.10. The van der Waals surface area contributed by atoms with E-state index < -0.39 is 6.10 Å². The molecule has 1 aliphatic heterocycles. The number of morpholine rings is 1. The molecule has 1 aromatic heterocycles. The van der Waals surface area contributed by atoms with Crippen molar-refractivity contribution in [3.8, 4) is 0 Å². The molecule has 0 saturated carbocycles. The summed E-state index contributed by atoms with van der Waals surface area (Å²) in [5.74, 6) is 0. The highest BCUT2D eigenvalue weighted by atomic mass is 35.5. The summed E-state index contributed by atoms with van der Waals surface area (Å²) in [6, 6.07) is 2.29. The second-order valence-corrected chi connectivity index (χ2v) is 5.93. The largest absolute Gasteiger partial charge is 0.385 e. The summed E-state index contributed by atoms with van der Waals surface area (Å²) < 4.78 is 5.66. The van der Waals surface area contributed by atoms with E-state index in [4.69, 9.17) is 16.3 Å². The molecule has 0 amide bonds. The van der Waals surface area contributed by atoms with Gasteiger partial charge >= 0.3 is 0 Å². The number of hydrogen-bond acceptors (Lipinski definition) is 4. The first-order chi connectivity index (χ1) is 8.09. The van der Waals surface area contributed by atoms with Crippen LogP contribution in [0.2, 0.25) is 5.02 Å². The first-order valence-corrected chi connectivity index (χ1v) is 7.12. The normalized spacial score (nSPS) is 24.2. The number of aliphatic hydroxyl groups excluding tert-OH is 1. The average molecular weight is 276 g/mol. The topological polar surface area (TPSA) is 32.7 Å². The van der Waals surface area contributed by atoms with E-state index in [1.165, 1.54) is 11.3 Å². The Morgan fingerprint density at radius 3 is 2.94 bits per heavy atom. The molecule has 17 heavy (non-hydrogen) atoms. The molecule has 2 atom stereocenters. The minimum absolute atomic E-state index is 0.178. The number of hydrogen-bond donors (Lipinski definition) is 1. The van der Waals surface area contributed by atoms with Crippen LogP contribution in [-0.4, -0.2) is 41.8 Å².